The minimum Gasteiger partial charge on any atom is -0.497 e. The van der Waals surface area contributed by atoms with E-state index in [2.05, 4.69) is 4.74 Å². The quantitative estimate of drug-likeness (QED) is 0.533. The van der Waals surface area contributed by atoms with E-state index in [-0.39, 0.29) is 5.56 Å². The van der Waals surface area contributed by atoms with Crippen LogP contribution >= 0.6 is 0 Å². The molecule has 0 heterocycles. The standard InChI is InChI=1S/C15H13F3N2O3/c1-22-12-8-4-11(5-9-12)20(19)14(21)10-2-6-13(7-3-10)23-15(16,17)18/h2-9H,19H2,1H3. The van der Waals surface area contributed by atoms with E-state index in [4.69, 9.17) is 10.6 Å². The molecule has 2 aromatic carbocycles. The molecule has 0 bridgehead atoms. The first-order valence-electron chi connectivity index (χ1n) is 6.39. The molecule has 5 nitrogen and oxygen atoms in total. The van der Waals surface area contributed by atoms with Crippen molar-refractivity contribution in [2.45, 2.75) is 6.36 Å². The normalized spacial score (nSPS) is 11.0. The number of alkyl halides is 3. The van der Waals surface area contributed by atoms with E-state index in [1.165, 1.54) is 19.2 Å². The lowest BCUT2D eigenvalue weighted by molar-refractivity contribution is -0.274. The van der Waals surface area contributed by atoms with Crippen LogP contribution in [-0.2, 0) is 0 Å². The summed E-state index contributed by atoms with van der Waals surface area (Å²) >= 11 is 0. The van der Waals surface area contributed by atoms with Crippen LogP contribution < -0.4 is 20.3 Å². The average molecular weight is 326 g/mol. The fourth-order valence-corrected chi connectivity index (χ4v) is 1.80. The Hall–Kier alpha value is -2.74. The van der Waals surface area contributed by atoms with Gasteiger partial charge in [-0.15, -0.1) is 13.2 Å². The van der Waals surface area contributed by atoms with Crippen molar-refractivity contribution in [1.82, 2.24) is 0 Å². The first-order chi connectivity index (χ1) is 10.8. The van der Waals surface area contributed by atoms with Crippen molar-refractivity contribution >= 4 is 11.6 Å². The van der Waals surface area contributed by atoms with E-state index < -0.39 is 18.0 Å². The summed E-state index contributed by atoms with van der Waals surface area (Å²) in [6.45, 7) is 0. The van der Waals surface area contributed by atoms with Crippen molar-refractivity contribution in [3.63, 3.8) is 0 Å². The van der Waals surface area contributed by atoms with Gasteiger partial charge in [-0.25, -0.2) is 10.9 Å². The van der Waals surface area contributed by atoms with Gasteiger partial charge in [-0.05, 0) is 48.5 Å². The molecule has 0 aliphatic rings. The maximum absolute atomic E-state index is 12.2. The molecule has 2 N–H and O–H groups in total. The fraction of sp³-hybridized carbons (Fsp3) is 0.133. The molecule has 1 amide bonds. The highest BCUT2D eigenvalue weighted by atomic mass is 19.4. The number of halogens is 3. The monoisotopic (exact) mass is 326 g/mol. The summed E-state index contributed by atoms with van der Waals surface area (Å²) in [4.78, 5) is 12.2. The van der Waals surface area contributed by atoms with Gasteiger partial charge in [0.1, 0.15) is 11.5 Å². The van der Waals surface area contributed by atoms with Crippen molar-refractivity contribution in [2.24, 2.45) is 5.84 Å². The second-order valence-corrected chi connectivity index (χ2v) is 4.45. The number of rotatable bonds is 4. The molecular formula is C15H13F3N2O3. The second kappa shape index (κ2) is 6.57. The van der Waals surface area contributed by atoms with Gasteiger partial charge in [-0.2, -0.15) is 0 Å². The predicted molar refractivity (Wildman–Crippen MR) is 77.1 cm³/mol. The van der Waals surface area contributed by atoms with Crippen molar-refractivity contribution in [1.29, 1.82) is 0 Å². The third kappa shape index (κ3) is 4.36. The van der Waals surface area contributed by atoms with Crippen LogP contribution in [0.4, 0.5) is 18.9 Å². The van der Waals surface area contributed by atoms with Crippen LogP contribution in [0.25, 0.3) is 0 Å². The van der Waals surface area contributed by atoms with Crippen molar-refractivity contribution < 1.29 is 27.4 Å². The molecule has 2 aromatic rings. The van der Waals surface area contributed by atoms with E-state index in [1.807, 2.05) is 0 Å². The number of benzene rings is 2. The van der Waals surface area contributed by atoms with Gasteiger partial charge in [-0.3, -0.25) is 4.79 Å². The number of carbonyl (C=O) groups excluding carboxylic acids is 1. The van der Waals surface area contributed by atoms with E-state index in [0.29, 0.717) is 11.4 Å². The summed E-state index contributed by atoms with van der Waals surface area (Å²) in [6.07, 6.45) is -4.78. The summed E-state index contributed by atoms with van der Waals surface area (Å²) in [5.41, 5.74) is 0.532. The Morgan fingerprint density at radius 1 is 1.00 bits per heavy atom. The molecule has 0 unspecified atom stereocenters. The fourth-order valence-electron chi connectivity index (χ4n) is 1.80. The first kappa shape index (κ1) is 16.6. The van der Waals surface area contributed by atoms with E-state index in [0.717, 1.165) is 17.1 Å². The van der Waals surface area contributed by atoms with Crippen LogP contribution in [0, 0.1) is 0 Å². The lowest BCUT2D eigenvalue weighted by Gasteiger charge is -2.17. The van der Waals surface area contributed by atoms with Crippen LogP contribution in [0.2, 0.25) is 0 Å². The maximum Gasteiger partial charge on any atom is 0.573 e. The Morgan fingerprint density at radius 2 is 1.52 bits per heavy atom. The van der Waals surface area contributed by atoms with Crippen LogP contribution in [0.3, 0.4) is 0 Å². The highest BCUT2D eigenvalue weighted by molar-refractivity contribution is 6.05. The molecule has 23 heavy (non-hydrogen) atoms. The summed E-state index contributed by atoms with van der Waals surface area (Å²) in [5, 5.41) is 0.888. The number of hydrazine groups is 1. The lowest BCUT2D eigenvalue weighted by Crippen LogP contribution is -2.37. The third-order valence-electron chi connectivity index (χ3n) is 2.90. The Labute approximate surface area is 130 Å². The molecule has 0 saturated heterocycles. The smallest absolute Gasteiger partial charge is 0.497 e. The molecule has 0 spiro atoms. The van der Waals surface area contributed by atoms with Gasteiger partial charge < -0.3 is 9.47 Å². The number of ether oxygens (including phenoxy) is 2. The van der Waals surface area contributed by atoms with E-state index >= 15 is 0 Å². The minimum absolute atomic E-state index is 0.123. The number of hydrogen-bond donors (Lipinski definition) is 1. The van der Waals surface area contributed by atoms with Gasteiger partial charge in [0.25, 0.3) is 5.91 Å². The molecule has 8 heteroatoms. The van der Waals surface area contributed by atoms with Gasteiger partial charge >= 0.3 is 6.36 Å². The SMILES string of the molecule is COc1ccc(N(N)C(=O)c2ccc(OC(F)(F)F)cc2)cc1. The zero-order chi connectivity index (χ0) is 17.0. The highest BCUT2D eigenvalue weighted by Crippen LogP contribution is 2.24. The van der Waals surface area contributed by atoms with Gasteiger partial charge in [0.15, 0.2) is 0 Å². The number of carbonyl (C=O) groups is 1. The molecule has 0 fully saturated rings. The molecule has 2 rings (SSSR count). The zero-order valence-electron chi connectivity index (χ0n) is 12.0. The summed E-state index contributed by atoms with van der Waals surface area (Å²) in [6, 6.07) is 10.9. The third-order valence-corrected chi connectivity index (χ3v) is 2.90. The number of nitrogens with two attached hydrogens (primary N) is 1. The Balaban J connectivity index is 2.12. The maximum atomic E-state index is 12.2. The largest absolute Gasteiger partial charge is 0.573 e. The summed E-state index contributed by atoms with van der Waals surface area (Å²) < 4.78 is 45.0. The van der Waals surface area contributed by atoms with Gasteiger partial charge in [0.2, 0.25) is 0 Å². The van der Waals surface area contributed by atoms with Crippen LogP contribution in [0.1, 0.15) is 10.4 Å². The number of anilines is 1. The molecule has 0 saturated carbocycles. The van der Waals surface area contributed by atoms with E-state index in [1.54, 1.807) is 24.3 Å². The van der Waals surface area contributed by atoms with Crippen LogP contribution in [-0.4, -0.2) is 19.4 Å². The average Bonchev–Trinajstić information content (AvgIpc) is 2.53. The van der Waals surface area contributed by atoms with Crippen LogP contribution in [0.5, 0.6) is 11.5 Å². The van der Waals surface area contributed by atoms with Gasteiger partial charge in [-0.1, -0.05) is 0 Å². The Kier molecular flexibility index (Phi) is 4.75. The number of hydrogen-bond acceptors (Lipinski definition) is 4. The summed E-state index contributed by atoms with van der Waals surface area (Å²) in [5.74, 6) is 5.34. The van der Waals surface area contributed by atoms with Crippen molar-refractivity contribution in [3.05, 3.63) is 54.1 Å². The molecule has 0 aromatic heterocycles. The molecule has 0 atom stereocenters. The number of methoxy groups -OCH3 is 1. The molecule has 0 aliphatic carbocycles. The molecule has 122 valence electrons. The Bertz CT molecular complexity index is 670. The lowest BCUT2D eigenvalue weighted by atomic mass is 10.2. The molecule has 0 aliphatic heterocycles. The zero-order valence-corrected chi connectivity index (χ0v) is 12.0. The van der Waals surface area contributed by atoms with Gasteiger partial charge in [0, 0.05) is 5.56 Å². The number of nitrogens with zero attached hydrogens (tertiary/aromatic N) is 1. The second-order valence-electron chi connectivity index (χ2n) is 4.45. The predicted octanol–water partition coefficient (Wildman–Crippen LogP) is 3.11. The van der Waals surface area contributed by atoms with Crippen LogP contribution in [0.15, 0.2) is 48.5 Å². The van der Waals surface area contributed by atoms with E-state index in [9.17, 15) is 18.0 Å². The van der Waals surface area contributed by atoms with Crippen molar-refractivity contribution in [2.75, 3.05) is 12.1 Å². The van der Waals surface area contributed by atoms with Crippen molar-refractivity contribution in [3.8, 4) is 11.5 Å². The topological polar surface area (TPSA) is 64.8 Å². The van der Waals surface area contributed by atoms with Gasteiger partial charge in [0.05, 0.1) is 12.8 Å². The number of amides is 1. The summed E-state index contributed by atoms with van der Waals surface area (Å²) in [7, 11) is 1.50. The minimum atomic E-state index is -4.78. The molecule has 0 radical (unpaired) electrons. The highest BCUT2D eigenvalue weighted by Gasteiger charge is 2.31. The first-order valence-corrected chi connectivity index (χ1v) is 6.39. The Morgan fingerprint density at radius 3 is 2.00 bits per heavy atom. The molecular weight excluding hydrogens is 313 g/mol.